The Morgan fingerprint density at radius 2 is 2.25 bits per heavy atom. The molecule has 4 heteroatoms. The summed E-state index contributed by atoms with van der Waals surface area (Å²) in [5, 5.41) is 3.82. The van der Waals surface area contributed by atoms with Crippen LogP contribution in [0.2, 0.25) is 5.15 Å². The summed E-state index contributed by atoms with van der Waals surface area (Å²) < 4.78 is 0. The summed E-state index contributed by atoms with van der Waals surface area (Å²) in [6.45, 7) is 5.05. The Bertz CT molecular complexity index is 494. The molecule has 0 bridgehead atoms. The fraction of sp³-hybridized carbons (Fsp3) is 0.250. The Hall–Kier alpha value is -1.06. The van der Waals surface area contributed by atoms with E-state index in [0.717, 1.165) is 12.2 Å². The first kappa shape index (κ1) is 11.4. The quantitative estimate of drug-likeness (QED) is 0.835. The van der Waals surface area contributed by atoms with Gasteiger partial charge in [0, 0.05) is 22.5 Å². The summed E-state index contributed by atoms with van der Waals surface area (Å²) in [7, 11) is 0. The van der Waals surface area contributed by atoms with E-state index in [4.69, 9.17) is 11.6 Å². The molecule has 0 saturated heterocycles. The van der Waals surface area contributed by atoms with Crippen molar-refractivity contribution in [2.45, 2.75) is 20.4 Å². The Morgan fingerprint density at radius 3 is 2.88 bits per heavy atom. The van der Waals surface area contributed by atoms with Crippen molar-refractivity contribution in [1.82, 2.24) is 4.98 Å². The van der Waals surface area contributed by atoms with Crippen LogP contribution in [0, 0.1) is 13.8 Å². The molecule has 0 aliphatic rings. The molecule has 0 fully saturated rings. The van der Waals surface area contributed by atoms with E-state index in [1.165, 1.54) is 15.3 Å². The minimum absolute atomic E-state index is 0.520. The van der Waals surface area contributed by atoms with Gasteiger partial charge in [-0.25, -0.2) is 4.98 Å². The highest BCUT2D eigenvalue weighted by atomic mass is 35.5. The molecule has 0 unspecified atom stereocenters. The topological polar surface area (TPSA) is 24.9 Å². The second kappa shape index (κ2) is 4.85. The molecule has 0 atom stereocenters. The summed E-state index contributed by atoms with van der Waals surface area (Å²) in [5.41, 5.74) is 2.20. The molecule has 0 saturated carbocycles. The van der Waals surface area contributed by atoms with Crippen LogP contribution in [0.4, 0.5) is 5.69 Å². The maximum atomic E-state index is 5.96. The third-order valence-electron chi connectivity index (χ3n) is 2.37. The summed E-state index contributed by atoms with van der Waals surface area (Å²) in [4.78, 5) is 6.72. The fourth-order valence-electron chi connectivity index (χ4n) is 1.57. The van der Waals surface area contributed by atoms with Gasteiger partial charge in [-0.1, -0.05) is 11.6 Å². The van der Waals surface area contributed by atoms with Crippen LogP contribution in [-0.4, -0.2) is 4.98 Å². The molecule has 0 aliphatic heterocycles. The smallest absolute Gasteiger partial charge is 0.152 e. The first-order valence-electron chi connectivity index (χ1n) is 5.07. The molecule has 0 aliphatic carbocycles. The Morgan fingerprint density at radius 1 is 1.44 bits per heavy atom. The normalized spacial score (nSPS) is 10.4. The number of nitrogens with zero attached hydrogens (tertiary/aromatic N) is 1. The predicted molar refractivity (Wildman–Crippen MR) is 70.4 cm³/mol. The number of aryl methyl sites for hydroxylation is 2. The molecule has 0 amide bonds. The summed E-state index contributed by atoms with van der Waals surface area (Å²) in [5.74, 6) is 0. The molecule has 2 heterocycles. The van der Waals surface area contributed by atoms with Crippen LogP contribution in [0.25, 0.3) is 0 Å². The molecule has 2 nitrogen and oxygen atoms in total. The summed E-state index contributed by atoms with van der Waals surface area (Å²) >= 11 is 7.78. The van der Waals surface area contributed by atoms with Crippen LogP contribution in [0.1, 0.15) is 15.3 Å². The van der Waals surface area contributed by atoms with Gasteiger partial charge in [0.05, 0.1) is 5.69 Å². The van der Waals surface area contributed by atoms with Gasteiger partial charge in [0.2, 0.25) is 0 Å². The maximum absolute atomic E-state index is 5.96. The van der Waals surface area contributed by atoms with Crippen molar-refractivity contribution in [2.75, 3.05) is 5.32 Å². The molecular formula is C12H13ClN2S. The zero-order valence-corrected chi connectivity index (χ0v) is 10.8. The monoisotopic (exact) mass is 252 g/mol. The van der Waals surface area contributed by atoms with Crippen molar-refractivity contribution in [1.29, 1.82) is 0 Å². The predicted octanol–water partition coefficient (Wildman–Crippen LogP) is 4.03. The van der Waals surface area contributed by atoms with Crippen LogP contribution in [0.5, 0.6) is 0 Å². The zero-order valence-electron chi connectivity index (χ0n) is 9.25. The third-order valence-corrected chi connectivity index (χ3v) is 3.68. The summed E-state index contributed by atoms with van der Waals surface area (Å²) in [6.07, 6.45) is 1.69. The number of hydrogen-bond acceptors (Lipinski definition) is 3. The minimum atomic E-state index is 0.520. The van der Waals surface area contributed by atoms with E-state index in [-0.39, 0.29) is 0 Å². The van der Waals surface area contributed by atoms with Crippen molar-refractivity contribution >= 4 is 28.6 Å². The van der Waals surface area contributed by atoms with Crippen LogP contribution < -0.4 is 5.32 Å². The Balaban J connectivity index is 2.08. The average Bonchev–Trinajstić information content (AvgIpc) is 2.56. The van der Waals surface area contributed by atoms with Crippen molar-refractivity contribution in [2.24, 2.45) is 0 Å². The SMILES string of the molecule is Cc1cc(CNc2cccnc2Cl)c(C)s1. The molecule has 2 rings (SSSR count). The number of anilines is 1. The minimum Gasteiger partial charge on any atom is -0.378 e. The molecule has 0 spiro atoms. The Kier molecular flexibility index (Phi) is 3.46. The number of rotatable bonds is 3. The van der Waals surface area contributed by atoms with Crippen molar-refractivity contribution in [3.05, 3.63) is 44.9 Å². The largest absolute Gasteiger partial charge is 0.378 e. The lowest BCUT2D eigenvalue weighted by molar-refractivity contribution is 1.13. The standard InChI is InChI=1S/C12H13ClN2S/c1-8-6-10(9(2)16-8)7-15-11-4-3-5-14-12(11)13/h3-6,15H,7H2,1-2H3. The highest BCUT2D eigenvalue weighted by Crippen LogP contribution is 2.23. The van der Waals surface area contributed by atoms with Crippen LogP contribution in [0.15, 0.2) is 24.4 Å². The first-order valence-corrected chi connectivity index (χ1v) is 6.26. The lowest BCUT2D eigenvalue weighted by Gasteiger charge is -2.06. The molecule has 1 N–H and O–H groups in total. The molecule has 2 aromatic heterocycles. The molecule has 84 valence electrons. The number of halogens is 1. The van der Waals surface area contributed by atoms with E-state index in [1.807, 2.05) is 23.5 Å². The van der Waals surface area contributed by atoms with Gasteiger partial charge in [-0.3, -0.25) is 0 Å². The van der Waals surface area contributed by atoms with E-state index in [0.29, 0.717) is 5.15 Å². The molecular weight excluding hydrogens is 240 g/mol. The van der Waals surface area contributed by atoms with Crippen molar-refractivity contribution in [3.8, 4) is 0 Å². The van der Waals surface area contributed by atoms with Crippen molar-refractivity contribution in [3.63, 3.8) is 0 Å². The van der Waals surface area contributed by atoms with Gasteiger partial charge in [0.1, 0.15) is 0 Å². The van der Waals surface area contributed by atoms with E-state index in [9.17, 15) is 0 Å². The van der Waals surface area contributed by atoms with Gasteiger partial charge in [-0.2, -0.15) is 0 Å². The third kappa shape index (κ3) is 2.54. The molecule has 2 aromatic rings. The van der Waals surface area contributed by atoms with Crippen LogP contribution in [0.3, 0.4) is 0 Å². The fourth-order valence-corrected chi connectivity index (χ4v) is 2.70. The number of thiophene rings is 1. The van der Waals surface area contributed by atoms with Crippen LogP contribution in [-0.2, 0) is 6.54 Å². The zero-order chi connectivity index (χ0) is 11.5. The number of nitrogens with one attached hydrogen (secondary N) is 1. The lowest BCUT2D eigenvalue weighted by atomic mass is 10.2. The first-order chi connectivity index (χ1) is 7.66. The second-order valence-corrected chi connectivity index (χ2v) is 5.45. The lowest BCUT2D eigenvalue weighted by Crippen LogP contribution is -2.00. The number of hydrogen-bond donors (Lipinski definition) is 1. The summed E-state index contributed by atoms with van der Waals surface area (Å²) in [6, 6.07) is 6.01. The van der Waals surface area contributed by atoms with Gasteiger partial charge >= 0.3 is 0 Å². The second-order valence-electron chi connectivity index (χ2n) is 3.63. The number of pyridine rings is 1. The maximum Gasteiger partial charge on any atom is 0.152 e. The molecule has 0 aromatic carbocycles. The van der Waals surface area contributed by atoms with Gasteiger partial charge < -0.3 is 5.32 Å². The van der Waals surface area contributed by atoms with E-state index >= 15 is 0 Å². The molecule has 16 heavy (non-hydrogen) atoms. The van der Waals surface area contributed by atoms with Gasteiger partial charge in [-0.05, 0) is 37.6 Å². The highest BCUT2D eigenvalue weighted by molar-refractivity contribution is 7.12. The van der Waals surface area contributed by atoms with Gasteiger partial charge in [0.15, 0.2) is 5.15 Å². The highest BCUT2D eigenvalue weighted by Gasteiger charge is 2.04. The van der Waals surface area contributed by atoms with Crippen molar-refractivity contribution < 1.29 is 0 Å². The Labute approximate surface area is 104 Å². The van der Waals surface area contributed by atoms with Gasteiger partial charge in [0.25, 0.3) is 0 Å². The van der Waals surface area contributed by atoms with E-state index in [2.05, 4.69) is 30.2 Å². The van der Waals surface area contributed by atoms with E-state index < -0.39 is 0 Å². The number of aromatic nitrogens is 1. The van der Waals surface area contributed by atoms with Crippen LogP contribution >= 0.6 is 22.9 Å². The van der Waals surface area contributed by atoms with Gasteiger partial charge in [-0.15, -0.1) is 11.3 Å². The van der Waals surface area contributed by atoms with E-state index in [1.54, 1.807) is 6.20 Å². The average molecular weight is 253 g/mol. The molecule has 0 radical (unpaired) electrons.